The van der Waals surface area contributed by atoms with Gasteiger partial charge in [0.1, 0.15) is 0 Å². The van der Waals surface area contributed by atoms with E-state index in [1.54, 1.807) is 4.90 Å². The number of aromatic amines is 1. The van der Waals surface area contributed by atoms with Crippen molar-refractivity contribution in [3.8, 4) is 0 Å². The number of aryl methyl sites for hydroxylation is 1. The number of hydrogen-bond donors (Lipinski definition) is 1. The average Bonchev–Trinajstić information content (AvgIpc) is 2.55. The van der Waals surface area contributed by atoms with Gasteiger partial charge in [-0.1, -0.05) is 26.5 Å². The first-order valence-corrected chi connectivity index (χ1v) is 7.76. The molecule has 1 aromatic heterocycles. The van der Waals surface area contributed by atoms with Crippen LogP contribution in [0.25, 0.3) is 10.9 Å². The molecule has 3 rings (SSSR count). The quantitative estimate of drug-likeness (QED) is 0.878. The lowest BCUT2D eigenvalue weighted by Gasteiger charge is -2.32. The van der Waals surface area contributed by atoms with Crippen LogP contribution >= 0.6 is 0 Å². The minimum Gasteiger partial charge on any atom is -0.343 e. The van der Waals surface area contributed by atoms with Gasteiger partial charge in [0, 0.05) is 43.8 Å². The topological polar surface area (TPSA) is 56.4 Å². The number of H-pyrrole nitrogens is 1. The van der Waals surface area contributed by atoms with Crippen molar-refractivity contribution in [3.63, 3.8) is 0 Å². The van der Waals surface area contributed by atoms with Crippen LogP contribution in [-0.4, -0.2) is 47.4 Å². The van der Waals surface area contributed by atoms with Gasteiger partial charge in [-0.15, -0.1) is 0 Å². The van der Waals surface area contributed by atoms with E-state index in [-0.39, 0.29) is 13.0 Å². The van der Waals surface area contributed by atoms with Gasteiger partial charge in [0.2, 0.25) is 6.41 Å². The van der Waals surface area contributed by atoms with Crippen LogP contribution in [0.3, 0.4) is 0 Å². The summed E-state index contributed by atoms with van der Waals surface area (Å²) in [4.78, 5) is 29.8. The highest BCUT2D eigenvalue weighted by Gasteiger charge is 2.15. The zero-order valence-electron chi connectivity index (χ0n) is 12.8. The minimum atomic E-state index is 0. The number of nitrogens with one attached hydrogen (secondary N) is 1. The van der Waals surface area contributed by atoms with E-state index >= 15 is 0 Å². The molecular formula is C18H25N3O2. The van der Waals surface area contributed by atoms with Crippen LogP contribution in [0.2, 0.25) is 0 Å². The van der Waals surface area contributed by atoms with Gasteiger partial charge < -0.3 is 9.88 Å². The van der Waals surface area contributed by atoms with E-state index in [2.05, 4.69) is 28.1 Å². The number of carbonyl (C=O) groups is 1. The molecule has 1 saturated heterocycles. The van der Waals surface area contributed by atoms with Crippen molar-refractivity contribution in [2.24, 2.45) is 0 Å². The number of carbonyl (C=O) groups excluding carboxylic acids is 1. The van der Waals surface area contributed by atoms with Crippen LogP contribution < -0.4 is 5.56 Å². The predicted molar refractivity (Wildman–Crippen MR) is 93.6 cm³/mol. The first-order valence-electron chi connectivity index (χ1n) is 7.76. The molecule has 1 fully saturated rings. The zero-order valence-corrected chi connectivity index (χ0v) is 12.8. The molecule has 1 N–H and O–H groups in total. The van der Waals surface area contributed by atoms with Gasteiger partial charge in [0.25, 0.3) is 5.56 Å². The van der Waals surface area contributed by atoms with Gasteiger partial charge >= 0.3 is 0 Å². The lowest BCUT2D eigenvalue weighted by Crippen LogP contribution is -2.45. The number of fused-ring (bicyclic) bond motifs is 1. The Morgan fingerprint density at radius 1 is 1.17 bits per heavy atom. The first-order chi connectivity index (χ1) is 10.7. The highest BCUT2D eigenvalue weighted by Crippen LogP contribution is 2.16. The van der Waals surface area contributed by atoms with Gasteiger partial charge in [0.15, 0.2) is 0 Å². The van der Waals surface area contributed by atoms with E-state index in [0.717, 1.165) is 62.0 Å². The lowest BCUT2D eigenvalue weighted by molar-refractivity contribution is -0.119. The van der Waals surface area contributed by atoms with Crippen molar-refractivity contribution in [2.45, 2.75) is 27.3 Å². The number of nitrogens with zero attached hydrogens (tertiary/aromatic N) is 2. The maximum Gasteiger partial charge on any atom is 0.251 e. The molecular weight excluding hydrogens is 290 g/mol. The van der Waals surface area contributed by atoms with Crippen molar-refractivity contribution in [1.29, 1.82) is 0 Å². The summed E-state index contributed by atoms with van der Waals surface area (Å²) >= 11 is 0. The van der Waals surface area contributed by atoms with Crippen LogP contribution in [0.15, 0.2) is 29.1 Å². The molecule has 0 radical (unpaired) electrons. The second-order valence-electron chi connectivity index (χ2n) is 5.82. The van der Waals surface area contributed by atoms with E-state index in [1.165, 1.54) is 5.56 Å². The molecule has 0 spiro atoms. The maximum atomic E-state index is 11.9. The van der Waals surface area contributed by atoms with E-state index < -0.39 is 0 Å². The largest absolute Gasteiger partial charge is 0.343 e. The van der Waals surface area contributed by atoms with Crippen LogP contribution in [0, 0.1) is 0 Å². The normalized spacial score (nSPS) is 15.4. The van der Waals surface area contributed by atoms with Gasteiger partial charge in [-0.05, 0) is 29.5 Å². The summed E-state index contributed by atoms with van der Waals surface area (Å²) in [5.41, 5.74) is 2.91. The predicted octanol–water partition coefficient (Wildman–Crippen LogP) is 2.00. The molecule has 2 heterocycles. The number of benzene rings is 1. The standard InChI is InChI=1S/C17H21N3O2.CH4/c1-2-14-10-15-4-3-13(9-16(15)18-17(14)22)11-19-5-7-20(12-21)8-6-19;/h3-4,9-10,12H,2,5-8,11H2,1H3,(H,18,22);1H4. The summed E-state index contributed by atoms with van der Waals surface area (Å²) in [6.07, 6.45) is 1.66. The highest BCUT2D eigenvalue weighted by atomic mass is 16.1. The van der Waals surface area contributed by atoms with Crippen molar-refractivity contribution < 1.29 is 4.79 Å². The van der Waals surface area contributed by atoms with Crippen LogP contribution in [-0.2, 0) is 17.8 Å². The number of amides is 1. The van der Waals surface area contributed by atoms with Crippen molar-refractivity contribution >= 4 is 17.3 Å². The fraction of sp³-hybridized carbons (Fsp3) is 0.444. The second-order valence-corrected chi connectivity index (χ2v) is 5.82. The van der Waals surface area contributed by atoms with E-state index in [0.29, 0.717) is 0 Å². The number of piperazine rings is 1. The van der Waals surface area contributed by atoms with Crippen LogP contribution in [0.4, 0.5) is 0 Å². The Kier molecular flexibility index (Phi) is 5.55. The van der Waals surface area contributed by atoms with Crippen molar-refractivity contribution in [3.05, 3.63) is 45.7 Å². The molecule has 0 aliphatic carbocycles. The fourth-order valence-corrected chi connectivity index (χ4v) is 2.94. The number of hydrogen-bond acceptors (Lipinski definition) is 3. The van der Waals surface area contributed by atoms with E-state index in [4.69, 9.17) is 0 Å². The third-order valence-corrected chi connectivity index (χ3v) is 4.33. The summed E-state index contributed by atoms with van der Waals surface area (Å²) < 4.78 is 0. The number of aromatic nitrogens is 1. The molecule has 1 amide bonds. The first kappa shape index (κ1) is 17.2. The highest BCUT2D eigenvalue weighted by molar-refractivity contribution is 5.79. The third-order valence-electron chi connectivity index (χ3n) is 4.33. The van der Waals surface area contributed by atoms with Gasteiger partial charge in [0.05, 0.1) is 0 Å². The third kappa shape index (κ3) is 3.79. The second kappa shape index (κ2) is 7.42. The fourth-order valence-electron chi connectivity index (χ4n) is 2.94. The molecule has 0 atom stereocenters. The zero-order chi connectivity index (χ0) is 15.5. The monoisotopic (exact) mass is 315 g/mol. The molecule has 5 heteroatoms. The molecule has 0 bridgehead atoms. The van der Waals surface area contributed by atoms with E-state index in [1.807, 2.05) is 13.0 Å². The van der Waals surface area contributed by atoms with Crippen molar-refractivity contribution in [1.82, 2.24) is 14.8 Å². The summed E-state index contributed by atoms with van der Waals surface area (Å²) in [7, 11) is 0. The molecule has 124 valence electrons. The summed E-state index contributed by atoms with van der Waals surface area (Å²) in [5, 5.41) is 1.07. The molecule has 0 saturated carbocycles. The van der Waals surface area contributed by atoms with E-state index in [9.17, 15) is 9.59 Å². The Bertz CT molecular complexity index is 731. The Morgan fingerprint density at radius 2 is 1.91 bits per heavy atom. The van der Waals surface area contributed by atoms with Gasteiger partial charge in [-0.25, -0.2) is 0 Å². The summed E-state index contributed by atoms with van der Waals surface area (Å²) in [6, 6.07) is 8.22. The SMILES string of the molecule is C.CCc1cc2ccc(CN3CCN(C=O)CC3)cc2[nH]c1=O. The van der Waals surface area contributed by atoms with Crippen LogP contribution in [0.5, 0.6) is 0 Å². The number of pyridine rings is 1. The van der Waals surface area contributed by atoms with Gasteiger partial charge in [-0.3, -0.25) is 14.5 Å². The molecule has 1 aliphatic rings. The lowest BCUT2D eigenvalue weighted by atomic mass is 10.1. The molecule has 5 nitrogen and oxygen atoms in total. The Hall–Kier alpha value is -2.14. The van der Waals surface area contributed by atoms with Crippen LogP contribution in [0.1, 0.15) is 25.5 Å². The van der Waals surface area contributed by atoms with Gasteiger partial charge in [-0.2, -0.15) is 0 Å². The Balaban J connectivity index is 0.00000192. The minimum absolute atomic E-state index is 0. The smallest absolute Gasteiger partial charge is 0.251 e. The molecule has 2 aromatic rings. The van der Waals surface area contributed by atoms with Crippen molar-refractivity contribution in [2.75, 3.05) is 26.2 Å². The molecule has 1 aromatic carbocycles. The molecule has 0 unspecified atom stereocenters. The summed E-state index contributed by atoms with van der Waals surface area (Å²) in [5.74, 6) is 0. The Morgan fingerprint density at radius 3 is 2.57 bits per heavy atom. The average molecular weight is 315 g/mol. The molecule has 23 heavy (non-hydrogen) atoms. The Labute approximate surface area is 136 Å². The number of rotatable bonds is 4. The molecule has 1 aliphatic heterocycles. The maximum absolute atomic E-state index is 11.9. The summed E-state index contributed by atoms with van der Waals surface area (Å²) in [6.45, 7) is 6.19.